The summed E-state index contributed by atoms with van der Waals surface area (Å²) in [7, 11) is 0. The third-order valence-electron chi connectivity index (χ3n) is 2.72. The lowest BCUT2D eigenvalue weighted by atomic mass is 10.2. The van der Waals surface area contributed by atoms with Gasteiger partial charge in [0.1, 0.15) is 6.10 Å². The molecular weight excluding hydrogens is 222 g/mol. The molecule has 88 valence electrons. The maximum absolute atomic E-state index is 11.7. The van der Waals surface area contributed by atoms with Crippen molar-refractivity contribution in [3.8, 4) is 0 Å². The topological polar surface area (TPSA) is 38.3 Å². The second-order valence-electron chi connectivity index (χ2n) is 3.94. The lowest BCUT2D eigenvalue weighted by Crippen LogP contribution is -2.33. The van der Waals surface area contributed by atoms with Crippen LogP contribution in [-0.2, 0) is 22.5 Å². The van der Waals surface area contributed by atoms with Crippen LogP contribution < -0.4 is 5.32 Å². The van der Waals surface area contributed by atoms with Crippen molar-refractivity contribution in [2.45, 2.75) is 38.8 Å². The number of nitrogens with one attached hydrogen (secondary N) is 1. The Balaban J connectivity index is 1.80. The van der Waals surface area contributed by atoms with E-state index in [0.29, 0.717) is 6.54 Å². The SMILES string of the molecule is CCc1ccc(CNC(=O)[C@@H]2CCCO2)s1. The second-order valence-corrected chi connectivity index (χ2v) is 5.19. The number of thiophene rings is 1. The van der Waals surface area contributed by atoms with E-state index in [1.807, 2.05) is 0 Å². The summed E-state index contributed by atoms with van der Waals surface area (Å²) in [6, 6.07) is 4.21. The van der Waals surface area contributed by atoms with Crippen molar-refractivity contribution < 1.29 is 9.53 Å². The third kappa shape index (κ3) is 2.83. The van der Waals surface area contributed by atoms with Crippen molar-refractivity contribution in [2.75, 3.05) is 6.61 Å². The van der Waals surface area contributed by atoms with Gasteiger partial charge in [0.05, 0.1) is 6.54 Å². The fraction of sp³-hybridized carbons (Fsp3) is 0.583. The molecule has 0 aromatic carbocycles. The van der Waals surface area contributed by atoms with Gasteiger partial charge in [-0.25, -0.2) is 0 Å². The zero-order chi connectivity index (χ0) is 11.4. The van der Waals surface area contributed by atoms with Crippen LogP contribution in [0.15, 0.2) is 12.1 Å². The van der Waals surface area contributed by atoms with Gasteiger partial charge in [-0.15, -0.1) is 11.3 Å². The minimum absolute atomic E-state index is 0.0314. The van der Waals surface area contributed by atoms with Gasteiger partial charge in [-0.2, -0.15) is 0 Å². The van der Waals surface area contributed by atoms with E-state index in [2.05, 4.69) is 24.4 Å². The van der Waals surface area contributed by atoms with Crippen molar-refractivity contribution in [3.05, 3.63) is 21.9 Å². The molecule has 4 heteroatoms. The molecule has 0 radical (unpaired) electrons. The summed E-state index contributed by atoms with van der Waals surface area (Å²) in [5, 5.41) is 2.92. The van der Waals surface area contributed by atoms with Gasteiger partial charge in [0.15, 0.2) is 0 Å². The van der Waals surface area contributed by atoms with Gasteiger partial charge in [0.2, 0.25) is 5.91 Å². The summed E-state index contributed by atoms with van der Waals surface area (Å²) in [6.45, 7) is 3.49. The Morgan fingerprint density at radius 3 is 3.00 bits per heavy atom. The Morgan fingerprint density at radius 1 is 1.56 bits per heavy atom. The quantitative estimate of drug-likeness (QED) is 0.874. The first-order valence-electron chi connectivity index (χ1n) is 5.76. The van der Waals surface area contributed by atoms with Gasteiger partial charge < -0.3 is 10.1 Å². The zero-order valence-corrected chi connectivity index (χ0v) is 10.3. The molecule has 0 bridgehead atoms. The Kier molecular flexibility index (Phi) is 3.96. The molecule has 1 saturated heterocycles. The number of rotatable bonds is 4. The second kappa shape index (κ2) is 5.46. The molecule has 1 aliphatic heterocycles. The van der Waals surface area contributed by atoms with E-state index in [1.165, 1.54) is 9.75 Å². The zero-order valence-electron chi connectivity index (χ0n) is 9.49. The normalized spacial score (nSPS) is 19.9. The van der Waals surface area contributed by atoms with Gasteiger partial charge in [-0.1, -0.05) is 6.92 Å². The van der Waals surface area contributed by atoms with Crippen molar-refractivity contribution in [3.63, 3.8) is 0 Å². The molecule has 0 spiro atoms. The summed E-state index contributed by atoms with van der Waals surface area (Å²) in [5.41, 5.74) is 0. The summed E-state index contributed by atoms with van der Waals surface area (Å²) in [4.78, 5) is 14.2. The first-order valence-corrected chi connectivity index (χ1v) is 6.58. The van der Waals surface area contributed by atoms with Crippen LogP contribution >= 0.6 is 11.3 Å². The van der Waals surface area contributed by atoms with Crippen LogP contribution in [0.5, 0.6) is 0 Å². The van der Waals surface area contributed by atoms with Crippen LogP contribution in [0, 0.1) is 0 Å². The number of amides is 1. The molecule has 0 unspecified atom stereocenters. The Morgan fingerprint density at radius 2 is 2.38 bits per heavy atom. The van der Waals surface area contributed by atoms with E-state index in [4.69, 9.17) is 4.74 Å². The lowest BCUT2D eigenvalue weighted by molar-refractivity contribution is -0.130. The standard InChI is InChI=1S/C12H17NO2S/c1-2-9-5-6-10(16-9)8-13-12(14)11-4-3-7-15-11/h5-6,11H,2-4,7-8H2,1H3,(H,13,14)/t11-/m0/s1. The molecule has 1 atom stereocenters. The van der Waals surface area contributed by atoms with Gasteiger partial charge in [-0.3, -0.25) is 4.79 Å². The minimum atomic E-state index is -0.217. The van der Waals surface area contributed by atoms with Crippen LogP contribution in [0.4, 0.5) is 0 Å². The number of carbonyl (C=O) groups is 1. The van der Waals surface area contributed by atoms with Gasteiger partial charge in [0.25, 0.3) is 0 Å². The highest BCUT2D eigenvalue weighted by Gasteiger charge is 2.22. The molecule has 16 heavy (non-hydrogen) atoms. The molecular formula is C12H17NO2S. The molecule has 0 saturated carbocycles. The maximum Gasteiger partial charge on any atom is 0.249 e. The van der Waals surface area contributed by atoms with E-state index in [9.17, 15) is 4.79 Å². The molecule has 1 aromatic heterocycles. The van der Waals surface area contributed by atoms with Gasteiger partial charge in [-0.05, 0) is 31.4 Å². The first kappa shape index (κ1) is 11.6. The van der Waals surface area contributed by atoms with E-state index in [1.54, 1.807) is 11.3 Å². The molecule has 0 aliphatic carbocycles. The van der Waals surface area contributed by atoms with Crippen molar-refractivity contribution in [2.24, 2.45) is 0 Å². The Labute approximate surface area is 99.8 Å². The molecule has 2 heterocycles. The number of ether oxygens (including phenoxy) is 1. The van der Waals surface area contributed by atoms with Crippen LogP contribution in [0.1, 0.15) is 29.5 Å². The largest absolute Gasteiger partial charge is 0.368 e. The van der Waals surface area contributed by atoms with E-state index in [-0.39, 0.29) is 12.0 Å². The van der Waals surface area contributed by atoms with Crippen LogP contribution in [0.25, 0.3) is 0 Å². The number of carbonyl (C=O) groups excluding carboxylic acids is 1. The molecule has 1 aliphatic rings. The average Bonchev–Trinajstić information content (AvgIpc) is 2.96. The summed E-state index contributed by atoms with van der Waals surface area (Å²) in [5.74, 6) is 0.0314. The van der Waals surface area contributed by atoms with E-state index in [0.717, 1.165) is 25.9 Å². The van der Waals surface area contributed by atoms with Crippen molar-refractivity contribution >= 4 is 17.2 Å². The fourth-order valence-electron chi connectivity index (χ4n) is 1.78. The monoisotopic (exact) mass is 239 g/mol. The maximum atomic E-state index is 11.7. The molecule has 1 amide bonds. The Hall–Kier alpha value is -0.870. The lowest BCUT2D eigenvalue weighted by Gasteiger charge is -2.09. The summed E-state index contributed by atoms with van der Waals surface area (Å²) in [6.07, 6.45) is 2.70. The highest BCUT2D eigenvalue weighted by molar-refractivity contribution is 7.11. The Bertz CT molecular complexity index is 356. The average molecular weight is 239 g/mol. The highest BCUT2D eigenvalue weighted by Crippen LogP contribution is 2.17. The van der Waals surface area contributed by atoms with E-state index >= 15 is 0 Å². The number of hydrogen-bond acceptors (Lipinski definition) is 3. The van der Waals surface area contributed by atoms with Crippen molar-refractivity contribution in [1.82, 2.24) is 5.32 Å². The fourth-order valence-corrected chi connectivity index (χ4v) is 2.68. The van der Waals surface area contributed by atoms with Crippen LogP contribution in [0.3, 0.4) is 0 Å². The molecule has 1 aromatic rings. The molecule has 2 rings (SSSR count). The van der Waals surface area contributed by atoms with Crippen LogP contribution in [0.2, 0.25) is 0 Å². The predicted octanol–water partition coefficient (Wildman–Crippen LogP) is 2.11. The smallest absolute Gasteiger partial charge is 0.249 e. The minimum Gasteiger partial charge on any atom is -0.368 e. The molecule has 3 nitrogen and oxygen atoms in total. The summed E-state index contributed by atoms with van der Waals surface area (Å²) >= 11 is 1.76. The molecule has 1 fully saturated rings. The summed E-state index contributed by atoms with van der Waals surface area (Å²) < 4.78 is 5.32. The number of aryl methyl sites for hydroxylation is 1. The van der Waals surface area contributed by atoms with Gasteiger partial charge in [0, 0.05) is 16.4 Å². The predicted molar refractivity (Wildman–Crippen MR) is 64.5 cm³/mol. The number of hydrogen-bond donors (Lipinski definition) is 1. The van der Waals surface area contributed by atoms with Crippen molar-refractivity contribution in [1.29, 1.82) is 0 Å². The van der Waals surface area contributed by atoms with Crippen LogP contribution in [-0.4, -0.2) is 18.6 Å². The van der Waals surface area contributed by atoms with Gasteiger partial charge >= 0.3 is 0 Å². The molecule has 1 N–H and O–H groups in total. The first-order chi connectivity index (χ1) is 7.79. The van der Waals surface area contributed by atoms with E-state index < -0.39 is 0 Å². The highest BCUT2D eigenvalue weighted by atomic mass is 32.1. The third-order valence-corrected chi connectivity index (χ3v) is 3.95.